The van der Waals surface area contributed by atoms with Crippen LogP contribution in [0.2, 0.25) is 0 Å². The summed E-state index contributed by atoms with van der Waals surface area (Å²) in [4.78, 5) is 30.9. The van der Waals surface area contributed by atoms with Gasteiger partial charge in [-0.05, 0) is 44.0 Å². The van der Waals surface area contributed by atoms with Gasteiger partial charge in [0.15, 0.2) is 0 Å². The lowest BCUT2D eigenvalue weighted by Crippen LogP contribution is -2.41. The fourth-order valence-corrected chi connectivity index (χ4v) is 4.23. The monoisotopic (exact) mass is 383 g/mol. The number of benzene rings is 1. The molecule has 0 radical (unpaired) electrons. The number of anilines is 2. The third-order valence-corrected chi connectivity index (χ3v) is 5.78. The summed E-state index contributed by atoms with van der Waals surface area (Å²) >= 11 is 1.65. The largest absolute Gasteiger partial charge is 0.354 e. The Bertz CT molecular complexity index is 1060. The maximum atomic E-state index is 12.8. The normalized spacial score (nSPS) is 17.3. The maximum absolute atomic E-state index is 12.8. The molecular formula is C19H21N5O2S. The molecule has 1 saturated heterocycles. The van der Waals surface area contributed by atoms with Crippen molar-refractivity contribution in [3.63, 3.8) is 0 Å². The number of nitrogens with one attached hydrogen (secondary N) is 1. The molecule has 0 saturated carbocycles. The molecule has 4 rings (SSSR count). The average molecular weight is 383 g/mol. The number of fused-ring (bicyclic) bond motifs is 1. The molecule has 8 heteroatoms. The van der Waals surface area contributed by atoms with Crippen molar-refractivity contribution in [1.29, 1.82) is 0 Å². The predicted molar refractivity (Wildman–Crippen MR) is 107 cm³/mol. The summed E-state index contributed by atoms with van der Waals surface area (Å²) in [5, 5.41) is 8.35. The van der Waals surface area contributed by atoms with Crippen molar-refractivity contribution in [2.24, 2.45) is 13.0 Å². The lowest BCUT2D eigenvalue weighted by molar-refractivity contribution is -0.120. The Hall–Kier alpha value is -2.74. The molecule has 1 aliphatic rings. The Kier molecular flexibility index (Phi) is 4.65. The zero-order chi connectivity index (χ0) is 19.0. The third-order valence-electron chi connectivity index (χ3n) is 4.82. The van der Waals surface area contributed by atoms with Crippen LogP contribution in [-0.4, -0.2) is 33.8 Å². The minimum atomic E-state index is -0.141. The predicted octanol–water partition coefficient (Wildman–Crippen LogP) is 2.55. The Morgan fingerprint density at radius 3 is 2.96 bits per heavy atom. The molecule has 7 nitrogen and oxygen atoms in total. The number of amides is 1. The van der Waals surface area contributed by atoms with E-state index in [4.69, 9.17) is 0 Å². The number of aromatic nitrogens is 3. The highest BCUT2D eigenvalue weighted by Crippen LogP contribution is 2.26. The minimum absolute atomic E-state index is 0.0100. The molecule has 0 bridgehead atoms. The summed E-state index contributed by atoms with van der Waals surface area (Å²) in [6.07, 6.45) is 1.75. The van der Waals surface area contributed by atoms with Gasteiger partial charge in [-0.3, -0.25) is 9.59 Å². The number of rotatable bonds is 3. The van der Waals surface area contributed by atoms with Crippen LogP contribution < -0.4 is 15.8 Å². The number of nitrogens with zero attached hydrogens (tertiary/aromatic N) is 4. The van der Waals surface area contributed by atoms with E-state index in [-0.39, 0.29) is 17.4 Å². The lowest BCUT2D eigenvalue weighted by atomic mass is 9.97. The van der Waals surface area contributed by atoms with Crippen LogP contribution in [-0.2, 0) is 11.8 Å². The van der Waals surface area contributed by atoms with E-state index >= 15 is 0 Å². The van der Waals surface area contributed by atoms with E-state index in [2.05, 4.69) is 20.3 Å². The highest BCUT2D eigenvalue weighted by atomic mass is 32.1. The van der Waals surface area contributed by atoms with Crippen molar-refractivity contribution in [3.05, 3.63) is 45.7 Å². The Labute approximate surface area is 160 Å². The minimum Gasteiger partial charge on any atom is -0.354 e. The molecule has 1 atom stereocenters. The summed E-state index contributed by atoms with van der Waals surface area (Å²) in [5.74, 6) is 0.621. The van der Waals surface area contributed by atoms with Gasteiger partial charge in [-0.15, -0.1) is 11.3 Å². The first-order valence-electron chi connectivity index (χ1n) is 8.97. The molecule has 1 fully saturated rings. The van der Waals surface area contributed by atoms with Gasteiger partial charge in [-0.25, -0.2) is 9.67 Å². The van der Waals surface area contributed by atoms with Crippen LogP contribution in [0.25, 0.3) is 10.2 Å². The molecule has 3 heterocycles. The molecule has 0 aliphatic carbocycles. The molecule has 0 unspecified atom stereocenters. The third kappa shape index (κ3) is 3.71. The summed E-state index contributed by atoms with van der Waals surface area (Å²) in [5.41, 5.74) is 1.54. The molecule has 2 aromatic heterocycles. The van der Waals surface area contributed by atoms with Gasteiger partial charge >= 0.3 is 0 Å². The number of hydrogen-bond donors (Lipinski definition) is 1. The molecule has 3 aromatic rings. The van der Waals surface area contributed by atoms with Gasteiger partial charge in [0.05, 0.1) is 21.1 Å². The van der Waals surface area contributed by atoms with Crippen LogP contribution in [0.5, 0.6) is 0 Å². The quantitative estimate of drug-likeness (QED) is 0.752. The zero-order valence-electron chi connectivity index (χ0n) is 15.3. The Balaban J connectivity index is 1.47. The highest BCUT2D eigenvalue weighted by Gasteiger charge is 2.27. The zero-order valence-corrected chi connectivity index (χ0v) is 16.1. The Morgan fingerprint density at radius 1 is 1.30 bits per heavy atom. The number of piperidine rings is 1. The molecule has 27 heavy (non-hydrogen) atoms. The SMILES string of the molecule is Cc1nc2cc(NC(=O)[C@H]3CCCN(c4ccc(=O)n(C)n4)C3)ccc2s1. The smallest absolute Gasteiger partial charge is 0.266 e. The van der Waals surface area contributed by atoms with Crippen LogP contribution in [0, 0.1) is 12.8 Å². The maximum Gasteiger partial charge on any atom is 0.266 e. The molecule has 1 N–H and O–H groups in total. The van der Waals surface area contributed by atoms with Gasteiger partial charge in [-0.1, -0.05) is 0 Å². The second-order valence-corrected chi connectivity index (χ2v) is 8.08. The molecule has 1 aromatic carbocycles. The highest BCUT2D eigenvalue weighted by molar-refractivity contribution is 7.18. The molecular weight excluding hydrogens is 362 g/mol. The second kappa shape index (κ2) is 7.11. The van der Waals surface area contributed by atoms with E-state index in [0.29, 0.717) is 6.54 Å². The van der Waals surface area contributed by atoms with E-state index in [1.807, 2.05) is 25.1 Å². The summed E-state index contributed by atoms with van der Waals surface area (Å²) < 4.78 is 2.44. The van der Waals surface area contributed by atoms with Crippen molar-refractivity contribution in [1.82, 2.24) is 14.8 Å². The number of hydrogen-bond acceptors (Lipinski definition) is 6. The number of carbonyl (C=O) groups is 1. The van der Waals surface area contributed by atoms with Crippen LogP contribution in [0.4, 0.5) is 11.5 Å². The first-order chi connectivity index (χ1) is 13.0. The molecule has 1 amide bonds. The average Bonchev–Trinajstić information content (AvgIpc) is 3.03. The second-order valence-electron chi connectivity index (χ2n) is 6.84. The molecule has 140 valence electrons. The van der Waals surface area contributed by atoms with Gasteiger partial charge < -0.3 is 10.2 Å². The summed E-state index contributed by atoms with van der Waals surface area (Å²) in [6, 6.07) is 9.08. The van der Waals surface area contributed by atoms with E-state index in [1.54, 1.807) is 24.5 Å². The van der Waals surface area contributed by atoms with Gasteiger partial charge in [-0.2, -0.15) is 5.10 Å². The number of aryl methyl sites for hydroxylation is 2. The summed E-state index contributed by atoms with van der Waals surface area (Å²) in [6.45, 7) is 3.40. The van der Waals surface area contributed by atoms with Crippen molar-refractivity contribution in [2.45, 2.75) is 19.8 Å². The van der Waals surface area contributed by atoms with E-state index < -0.39 is 0 Å². The van der Waals surface area contributed by atoms with Crippen LogP contribution >= 0.6 is 11.3 Å². The lowest BCUT2D eigenvalue weighted by Gasteiger charge is -2.32. The van der Waals surface area contributed by atoms with Gasteiger partial charge in [0.2, 0.25) is 5.91 Å². The summed E-state index contributed by atoms with van der Waals surface area (Å²) in [7, 11) is 1.64. The first kappa shape index (κ1) is 17.7. The van der Waals surface area contributed by atoms with E-state index in [1.165, 1.54) is 10.7 Å². The van der Waals surface area contributed by atoms with E-state index in [0.717, 1.165) is 46.1 Å². The van der Waals surface area contributed by atoms with Gasteiger partial charge in [0.1, 0.15) is 5.82 Å². The van der Waals surface area contributed by atoms with Gasteiger partial charge in [0.25, 0.3) is 5.56 Å². The van der Waals surface area contributed by atoms with Gasteiger partial charge in [0, 0.05) is 31.9 Å². The van der Waals surface area contributed by atoms with Crippen molar-refractivity contribution >= 4 is 39.0 Å². The number of thiazole rings is 1. The standard InChI is InChI=1S/C19H21N5O2S/c1-12-20-15-10-14(5-6-16(15)27-12)21-19(26)13-4-3-9-24(11-13)17-7-8-18(25)23(2)22-17/h5-8,10,13H,3-4,9,11H2,1-2H3,(H,21,26)/t13-/m0/s1. The van der Waals surface area contributed by atoms with Crippen LogP contribution in [0.1, 0.15) is 17.8 Å². The topological polar surface area (TPSA) is 80.1 Å². The number of carbonyl (C=O) groups excluding carboxylic acids is 1. The first-order valence-corrected chi connectivity index (χ1v) is 9.78. The van der Waals surface area contributed by atoms with E-state index in [9.17, 15) is 9.59 Å². The fourth-order valence-electron chi connectivity index (χ4n) is 3.42. The fraction of sp³-hybridized carbons (Fsp3) is 0.368. The molecule has 0 spiro atoms. The molecule has 1 aliphatic heterocycles. The van der Waals surface area contributed by atoms with Crippen molar-refractivity contribution in [2.75, 3.05) is 23.3 Å². The van der Waals surface area contributed by atoms with Crippen LogP contribution in [0.15, 0.2) is 35.1 Å². The van der Waals surface area contributed by atoms with Crippen molar-refractivity contribution < 1.29 is 4.79 Å². The van der Waals surface area contributed by atoms with Crippen molar-refractivity contribution in [3.8, 4) is 0 Å². The Morgan fingerprint density at radius 2 is 2.15 bits per heavy atom. The van der Waals surface area contributed by atoms with Crippen LogP contribution in [0.3, 0.4) is 0 Å².